The lowest BCUT2D eigenvalue weighted by Crippen LogP contribution is -2.42. The number of hydrogen-bond donors (Lipinski definition) is 1. The van der Waals surface area contributed by atoms with Crippen molar-refractivity contribution in [1.82, 2.24) is 0 Å². The summed E-state index contributed by atoms with van der Waals surface area (Å²) in [5.74, 6) is 0.426. The largest absolute Gasteiger partial charge is 0.487 e. The SMILES string of the molecule is C[C@@H]1CN(S(=O)(=O)c2ccc(NC(=O)COc3ccc(Cl)cc3Cl)cc2)c2ccccc2O1. The van der Waals surface area contributed by atoms with Crippen LogP contribution in [-0.2, 0) is 14.8 Å². The molecule has 0 saturated carbocycles. The molecule has 0 fully saturated rings. The zero-order valence-corrected chi connectivity index (χ0v) is 19.8. The van der Waals surface area contributed by atoms with Crippen molar-refractivity contribution < 1.29 is 22.7 Å². The molecule has 7 nitrogen and oxygen atoms in total. The van der Waals surface area contributed by atoms with Gasteiger partial charge < -0.3 is 14.8 Å². The number of ether oxygens (including phenoxy) is 2. The maximum atomic E-state index is 13.3. The summed E-state index contributed by atoms with van der Waals surface area (Å²) in [5, 5.41) is 3.42. The molecule has 172 valence electrons. The zero-order valence-electron chi connectivity index (χ0n) is 17.5. The molecule has 0 aliphatic carbocycles. The van der Waals surface area contributed by atoms with Crippen LogP contribution in [0.5, 0.6) is 11.5 Å². The molecule has 0 saturated heterocycles. The standard InChI is InChI=1S/C23H20Cl2N2O5S/c1-15-13-27(20-4-2-3-5-22(20)32-15)33(29,30)18-9-7-17(8-10-18)26-23(28)14-31-21-11-6-16(24)12-19(21)25/h2-12,15H,13-14H2,1H3,(H,26,28)/t15-/m1/s1. The van der Waals surface area contributed by atoms with Crippen LogP contribution < -0.4 is 19.1 Å². The topological polar surface area (TPSA) is 84.9 Å². The molecule has 1 amide bonds. The average molecular weight is 507 g/mol. The van der Waals surface area contributed by atoms with E-state index in [2.05, 4.69) is 5.32 Å². The second-order valence-corrected chi connectivity index (χ2v) is 10.1. The highest BCUT2D eigenvalue weighted by molar-refractivity contribution is 7.92. The Morgan fingerprint density at radius 3 is 2.58 bits per heavy atom. The molecule has 3 aromatic rings. The van der Waals surface area contributed by atoms with Crippen molar-refractivity contribution >= 4 is 50.5 Å². The molecular weight excluding hydrogens is 487 g/mol. The summed E-state index contributed by atoms with van der Waals surface area (Å²) in [6.07, 6.45) is -0.289. The van der Waals surface area contributed by atoms with Gasteiger partial charge in [-0.2, -0.15) is 0 Å². The Balaban J connectivity index is 1.44. The Bertz CT molecular complexity index is 1280. The van der Waals surface area contributed by atoms with Crippen LogP contribution in [0.15, 0.2) is 71.6 Å². The number of nitrogens with zero attached hydrogens (tertiary/aromatic N) is 1. The Morgan fingerprint density at radius 2 is 1.85 bits per heavy atom. The quantitative estimate of drug-likeness (QED) is 0.509. The van der Waals surface area contributed by atoms with Crippen LogP contribution in [0.3, 0.4) is 0 Å². The summed E-state index contributed by atoms with van der Waals surface area (Å²) >= 11 is 11.9. The molecule has 1 atom stereocenters. The van der Waals surface area contributed by atoms with Gasteiger partial charge >= 0.3 is 0 Å². The van der Waals surface area contributed by atoms with Gasteiger partial charge in [0.25, 0.3) is 15.9 Å². The van der Waals surface area contributed by atoms with E-state index in [-0.39, 0.29) is 24.2 Å². The van der Waals surface area contributed by atoms with E-state index in [1.54, 1.807) is 36.4 Å². The van der Waals surface area contributed by atoms with Crippen LogP contribution in [0.4, 0.5) is 11.4 Å². The van der Waals surface area contributed by atoms with Crippen LogP contribution in [0, 0.1) is 0 Å². The molecule has 1 aliphatic rings. The predicted molar refractivity (Wildman–Crippen MR) is 128 cm³/mol. The lowest BCUT2D eigenvalue weighted by Gasteiger charge is -2.34. The monoisotopic (exact) mass is 506 g/mol. The number of anilines is 2. The van der Waals surface area contributed by atoms with Crippen molar-refractivity contribution in [3.05, 3.63) is 76.8 Å². The number of halogens is 2. The van der Waals surface area contributed by atoms with Crippen molar-refractivity contribution in [2.45, 2.75) is 17.9 Å². The minimum atomic E-state index is -3.82. The van der Waals surface area contributed by atoms with Gasteiger partial charge in [-0.1, -0.05) is 35.3 Å². The number of nitrogens with one attached hydrogen (secondary N) is 1. The molecule has 1 N–H and O–H groups in total. The minimum absolute atomic E-state index is 0.105. The number of carbonyl (C=O) groups is 1. The van der Waals surface area contributed by atoms with Gasteiger partial charge in [0.05, 0.1) is 22.2 Å². The van der Waals surface area contributed by atoms with Gasteiger partial charge in [0.15, 0.2) is 6.61 Å². The van der Waals surface area contributed by atoms with Crippen molar-refractivity contribution in [2.24, 2.45) is 0 Å². The molecule has 4 rings (SSSR count). The number of rotatable bonds is 6. The third-order valence-electron chi connectivity index (χ3n) is 4.86. The molecule has 33 heavy (non-hydrogen) atoms. The fraction of sp³-hybridized carbons (Fsp3) is 0.174. The molecule has 1 aliphatic heterocycles. The fourth-order valence-electron chi connectivity index (χ4n) is 3.35. The number of carbonyl (C=O) groups excluding carboxylic acids is 1. The van der Waals surface area contributed by atoms with Crippen LogP contribution in [0.1, 0.15) is 6.92 Å². The number of fused-ring (bicyclic) bond motifs is 1. The summed E-state index contributed by atoms with van der Waals surface area (Å²) in [6.45, 7) is 1.74. The Kier molecular flexibility index (Phi) is 6.69. The normalized spacial score (nSPS) is 15.4. The minimum Gasteiger partial charge on any atom is -0.487 e. The van der Waals surface area contributed by atoms with Crippen LogP contribution in [-0.4, -0.2) is 33.6 Å². The predicted octanol–water partition coefficient (Wildman–Crippen LogP) is 4.99. The average Bonchev–Trinajstić information content (AvgIpc) is 2.78. The first kappa shape index (κ1) is 23.2. The molecule has 0 radical (unpaired) electrons. The Labute approximate surface area is 201 Å². The molecular formula is C23H20Cl2N2O5S. The first-order valence-corrected chi connectivity index (χ1v) is 12.2. The van der Waals surface area contributed by atoms with E-state index in [1.165, 1.54) is 34.6 Å². The lowest BCUT2D eigenvalue weighted by atomic mass is 10.2. The molecule has 1 heterocycles. The zero-order chi connectivity index (χ0) is 23.6. The first-order chi connectivity index (χ1) is 15.7. The van der Waals surface area contributed by atoms with E-state index in [0.29, 0.717) is 32.9 Å². The molecule has 0 aromatic heterocycles. The first-order valence-electron chi connectivity index (χ1n) is 10.0. The number of amides is 1. The van der Waals surface area contributed by atoms with Gasteiger partial charge in [-0.15, -0.1) is 0 Å². The van der Waals surface area contributed by atoms with Gasteiger partial charge in [-0.05, 0) is 61.5 Å². The van der Waals surface area contributed by atoms with E-state index in [0.717, 1.165) is 0 Å². The van der Waals surface area contributed by atoms with Crippen LogP contribution in [0.2, 0.25) is 10.0 Å². The van der Waals surface area contributed by atoms with E-state index >= 15 is 0 Å². The maximum absolute atomic E-state index is 13.3. The lowest BCUT2D eigenvalue weighted by molar-refractivity contribution is -0.118. The highest BCUT2D eigenvalue weighted by Crippen LogP contribution is 2.36. The van der Waals surface area contributed by atoms with Crippen LogP contribution >= 0.6 is 23.2 Å². The van der Waals surface area contributed by atoms with Crippen molar-refractivity contribution in [3.8, 4) is 11.5 Å². The summed E-state index contributed by atoms with van der Waals surface area (Å²) < 4.78 is 39.1. The summed E-state index contributed by atoms with van der Waals surface area (Å²) in [6, 6.07) is 17.6. The molecule has 0 unspecified atom stereocenters. The van der Waals surface area contributed by atoms with E-state index in [4.69, 9.17) is 32.7 Å². The maximum Gasteiger partial charge on any atom is 0.264 e. The molecule has 10 heteroatoms. The van der Waals surface area contributed by atoms with E-state index in [9.17, 15) is 13.2 Å². The van der Waals surface area contributed by atoms with Crippen molar-refractivity contribution in [2.75, 3.05) is 22.8 Å². The number of para-hydroxylation sites is 2. The van der Waals surface area contributed by atoms with Gasteiger partial charge in [-0.3, -0.25) is 9.10 Å². The molecule has 0 spiro atoms. The third-order valence-corrected chi connectivity index (χ3v) is 7.19. The van der Waals surface area contributed by atoms with Crippen molar-refractivity contribution in [1.29, 1.82) is 0 Å². The van der Waals surface area contributed by atoms with Gasteiger partial charge in [0.2, 0.25) is 0 Å². The fourth-order valence-corrected chi connectivity index (χ4v) is 5.36. The number of sulfonamides is 1. The summed E-state index contributed by atoms with van der Waals surface area (Å²) in [7, 11) is -3.82. The Morgan fingerprint density at radius 1 is 1.12 bits per heavy atom. The summed E-state index contributed by atoms with van der Waals surface area (Å²) in [4.78, 5) is 12.3. The van der Waals surface area contributed by atoms with Crippen molar-refractivity contribution in [3.63, 3.8) is 0 Å². The van der Waals surface area contributed by atoms with Gasteiger partial charge in [0, 0.05) is 10.7 Å². The highest BCUT2D eigenvalue weighted by Gasteiger charge is 2.32. The van der Waals surface area contributed by atoms with Gasteiger partial charge in [-0.25, -0.2) is 8.42 Å². The molecule has 3 aromatic carbocycles. The second kappa shape index (κ2) is 9.51. The molecule has 0 bridgehead atoms. The summed E-state index contributed by atoms with van der Waals surface area (Å²) in [5.41, 5.74) is 0.923. The van der Waals surface area contributed by atoms with E-state index < -0.39 is 15.9 Å². The highest BCUT2D eigenvalue weighted by atomic mass is 35.5. The third kappa shape index (κ3) is 5.19. The smallest absolute Gasteiger partial charge is 0.264 e. The second-order valence-electron chi connectivity index (χ2n) is 7.37. The number of benzene rings is 3. The van der Waals surface area contributed by atoms with Gasteiger partial charge in [0.1, 0.15) is 17.6 Å². The number of hydrogen-bond acceptors (Lipinski definition) is 5. The van der Waals surface area contributed by atoms with Crippen LogP contribution in [0.25, 0.3) is 0 Å². The van der Waals surface area contributed by atoms with E-state index in [1.807, 2.05) is 6.92 Å². The Hall–Kier alpha value is -2.94.